The number of fused-ring (bicyclic) bond motifs is 8. The van der Waals surface area contributed by atoms with Crippen molar-refractivity contribution in [2.75, 3.05) is 99.8 Å². The van der Waals surface area contributed by atoms with Gasteiger partial charge < -0.3 is 72.1 Å². The predicted octanol–water partition coefficient (Wildman–Crippen LogP) is 4.96. The molecule has 0 aliphatic carbocycles. The van der Waals surface area contributed by atoms with Gasteiger partial charge in [0.05, 0.1) is 101 Å². The molecule has 32 nitrogen and oxygen atoms in total. The molecule has 0 saturated carbocycles. The van der Waals surface area contributed by atoms with E-state index in [0.717, 1.165) is 19.6 Å². The number of hydrogen-bond acceptors (Lipinski definition) is 18. The molecule has 100 heavy (non-hydrogen) atoms. The van der Waals surface area contributed by atoms with Gasteiger partial charge in [-0.2, -0.15) is 0 Å². The zero-order chi connectivity index (χ0) is 71.9. The maximum absolute atomic E-state index is 13.3. The molecule has 9 rings (SSSR count). The molecule has 7 aromatic rings. The Morgan fingerprint density at radius 2 is 0.430 bits per heavy atom. The second-order valence-electron chi connectivity index (χ2n) is 22.7. The average Bonchev–Trinajstić information content (AvgIpc) is 1.61. The molecule has 0 unspecified atom stereocenters. The smallest absolute Gasteiger partial charge is 0.317 e. The number of hydrogen-bond donors (Lipinski definition) is 14. The molecule has 514 valence electrons. The predicted molar refractivity (Wildman–Crippen MR) is 362 cm³/mol. The minimum Gasteiger partial charge on any atom is -0.480 e. The van der Waals surface area contributed by atoms with Crippen LogP contribution in [0.3, 0.4) is 0 Å². The van der Waals surface area contributed by atoms with Gasteiger partial charge in [0.25, 0.3) is 0 Å². The molecule has 2 aliphatic heterocycles. The lowest BCUT2D eigenvalue weighted by atomic mass is 10.0. The van der Waals surface area contributed by atoms with E-state index in [0.29, 0.717) is 89.4 Å². The second-order valence-corrected chi connectivity index (χ2v) is 22.7. The Morgan fingerprint density at radius 1 is 0.260 bits per heavy atom. The molecule has 0 radical (unpaired) electrons. The highest BCUT2D eigenvalue weighted by Crippen LogP contribution is 2.39. The lowest BCUT2D eigenvalue weighted by Gasteiger charge is -2.17. The van der Waals surface area contributed by atoms with Crippen LogP contribution in [0.15, 0.2) is 121 Å². The van der Waals surface area contributed by atoms with Gasteiger partial charge in [0.1, 0.15) is 0 Å². The third kappa shape index (κ3) is 19.6. The van der Waals surface area contributed by atoms with Gasteiger partial charge in [-0.15, -0.1) is 0 Å². The van der Waals surface area contributed by atoms with Crippen LogP contribution in [0.25, 0.3) is 90.9 Å². The van der Waals surface area contributed by atoms with E-state index >= 15 is 0 Å². The van der Waals surface area contributed by atoms with Crippen molar-refractivity contribution < 1.29 is 98.4 Å². The Kier molecular flexibility index (Phi) is 22.9. The van der Waals surface area contributed by atoms with Gasteiger partial charge >= 0.3 is 47.8 Å². The van der Waals surface area contributed by atoms with Crippen molar-refractivity contribution in [1.29, 1.82) is 0 Å². The fraction of sp³-hybridized carbons (Fsp3) is 0.176. The normalized spacial score (nSPS) is 11.6. The van der Waals surface area contributed by atoms with Gasteiger partial charge in [-0.25, -0.2) is 9.97 Å². The van der Waals surface area contributed by atoms with E-state index < -0.39 is 150 Å². The number of benzene rings is 4. The Balaban J connectivity index is 1.23. The first-order chi connectivity index (χ1) is 47.7. The number of aliphatic carboxylic acids is 8. The Morgan fingerprint density at radius 3 is 0.590 bits per heavy atom. The number of carbonyl (C=O) groups excluding carboxylic acids is 4. The van der Waals surface area contributed by atoms with E-state index in [9.17, 15) is 98.4 Å². The highest BCUT2D eigenvalue weighted by Gasteiger charge is 2.25. The molecule has 4 amide bonds. The Labute approximate surface area is 564 Å². The second kappa shape index (κ2) is 32.1. The minimum absolute atomic E-state index is 0.271. The number of anilines is 4. The van der Waals surface area contributed by atoms with Crippen molar-refractivity contribution in [3.8, 4) is 44.5 Å². The number of nitrogens with one attached hydrogen (secondary N) is 6. The molecular formula is C68H62N12O20. The minimum atomic E-state index is -1.34. The topological polar surface area (TPSA) is 485 Å². The summed E-state index contributed by atoms with van der Waals surface area (Å²) in [6.45, 7) is -7.98. The molecular weight excluding hydrogens is 1300 g/mol. The molecule has 0 atom stereocenters. The Bertz CT molecular complexity index is 4010. The van der Waals surface area contributed by atoms with Gasteiger partial charge in [-0.05, 0) is 119 Å². The molecule has 14 N–H and O–H groups in total. The summed E-state index contributed by atoms with van der Waals surface area (Å²) in [5, 5.41) is 85.8. The monoisotopic (exact) mass is 1370 g/mol. The molecule has 0 fully saturated rings. The summed E-state index contributed by atoms with van der Waals surface area (Å²) >= 11 is 0. The van der Waals surface area contributed by atoms with Gasteiger partial charge in [-0.3, -0.25) is 77.1 Å². The number of carboxylic acids is 8. The van der Waals surface area contributed by atoms with Gasteiger partial charge in [0.15, 0.2) is 0 Å². The number of carbonyl (C=O) groups is 12. The molecule has 5 heterocycles. The van der Waals surface area contributed by atoms with E-state index in [2.05, 4.69) is 31.2 Å². The van der Waals surface area contributed by atoms with Crippen molar-refractivity contribution in [3.63, 3.8) is 0 Å². The third-order valence-corrected chi connectivity index (χ3v) is 14.9. The zero-order valence-electron chi connectivity index (χ0n) is 52.5. The highest BCUT2D eigenvalue weighted by molar-refractivity contribution is 6.02. The van der Waals surface area contributed by atoms with Crippen LogP contribution < -0.4 is 21.3 Å². The van der Waals surface area contributed by atoms with E-state index in [1.165, 1.54) is 0 Å². The van der Waals surface area contributed by atoms with Crippen LogP contribution in [0, 0.1) is 0 Å². The summed E-state index contributed by atoms with van der Waals surface area (Å²) in [7, 11) is 0. The van der Waals surface area contributed by atoms with Gasteiger partial charge in [0.2, 0.25) is 23.6 Å². The van der Waals surface area contributed by atoms with Gasteiger partial charge in [-0.1, -0.05) is 48.5 Å². The number of H-pyrrole nitrogens is 2. The van der Waals surface area contributed by atoms with Crippen LogP contribution in [0.5, 0.6) is 0 Å². The maximum Gasteiger partial charge on any atom is 0.317 e. The lowest BCUT2D eigenvalue weighted by molar-refractivity contribution is -0.144. The van der Waals surface area contributed by atoms with Crippen LogP contribution in [0.2, 0.25) is 0 Å². The summed E-state index contributed by atoms with van der Waals surface area (Å²) in [6, 6.07) is 33.5. The van der Waals surface area contributed by atoms with E-state index in [1.807, 2.05) is 0 Å². The Hall–Kier alpha value is -13.0. The van der Waals surface area contributed by atoms with Crippen molar-refractivity contribution in [2.24, 2.45) is 0 Å². The number of aromatic amines is 2. The molecule has 8 bridgehead atoms. The van der Waals surface area contributed by atoms with Crippen LogP contribution >= 0.6 is 0 Å². The molecule has 4 aromatic carbocycles. The fourth-order valence-corrected chi connectivity index (χ4v) is 11.1. The van der Waals surface area contributed by atoms with E-state index in [1.54, 1.807) is 146 Å². The first-order valence-corrected chi connectivity index (χ1v) is 30.1. The van der Waals surface area contributed by atoms with Crippen molar-refractivity contribution in [2.45, 2.75) is 0 Å². The summed E-state index contributed by atoms with van der Waals surface area (Å²) in [5.74, 6) is -13.5. The highest BCUT2D eigenvalue weighted by atomic mass is 16.4. The standard InChI is InChI=1S/C68H62N12O20/c81-53(25-77(29-57(85)86)30-58(87)88)69-41-9-1-37(2-10-41)65-45-17-19-47(73-45)66(38-3-11-42(12-4-38)70-54(82)26-78(31-59(89)90)32-60(91)92)49-21-23-51(75-49)68(40-7-15-44(16-8-40)72-56(84)28-80(35-63(97)98)36-64(99)100)52-24-22-50(76-52)67(48-20-18-46(65)74-48)39-5-13-43(14-6-39)71-55(83)27-79(33-61(93)94)34-62(95)96/h1-24,73,76H,25-36H2,(H,69,81)(H,70,82)(H,71,83)(H,72,84)(H,85,86)(H,87,88)(H,89,90)(H,91,92)(H,93,94)(H,95,96)(H,97,98)(H,99,100). The molecule has 2 aliphatic rings. The van der Waals surface area contributed by atoms with Crippen LogP contribution in [-0.4, -0.2) is 230 Å². The summed E-state index contributed by atoms with van der Waals surface area (Å²) in [5.41, 5.74) is 8.94. The first-order valence-electron chi connectivity index (χ1n) is 30.1. The lowest BCUT2D eigenvalue weighted by Crippen LogP contribution is -2.40. The molecule has 32 heteroatoms. The zero-order valence-corrected chi connectivity index (χ0v) is 52.5. The average molecular weight is 1370 g/mol. The van der Waals surface area contributed by atoms with Crippen molar-refractivity contribution in [1.82, 2.24) is 39.5 Å². The quantitative estimate of drug-likeness (QED) is 0.0265. The largest absolute Gasteiger partial charge is 0.480 e. The number of carboxylic acid groups (broad SMARTS) is 8. The van der Waals surface area contributed by atoms with Gasteiger partial charge in [0, 0.05) is 67.1 Å². The first kappa shape index (κ1) is 71.3. The number of nitrogens with zero attached hydrogens (tertiary/aromatic N) is 6. The van der Waals surface area contributed by atoms with Crippen LogP contribution in [0.1, 0.15) is 22.8 Å². The summed E-state index contributed by atoms with van der Waals surface area (Å²) < 4.78 is 0. The SMILES string of the molecule is O=C(O)CN(CC(=O)O)CC(=O)Nc1ccc(-c2c3nc(c(-c4ccc(NC(=O)CN(CC(=O)O)CC(=O)O)cc4)c4ccc([nH]4)c(-c4ccc(NC(=O)CN(CC(=O)O)CC(=O)O)cc4)c4nc(c(-c5ccc(NC(=O)CN(CC(=O)O)CC(=O)O)cc5)c5ccc2[nH]5)C=C4)C=C3)cc1. The summed E-state index contributed by atoms with van der Waals surface area (Å²) in [6.07, 6.45) is 7.09. The van der Waals surface area contributed by atoms with Crippen LogP contribution in [0.4, 0.5) is 22.7 Å². The maximum atomic E-state index is 13.3. The van der Waals surface area contributed by atoms with E-state index in [4.69, 9.17) is 9.97 Å². The van der Waals surface area contributed by atoms with Crippen molar-refractivity contribution in [3.05, 3.63) is 144 Å². The fourth-order valence-electron chi connectivity index (χ4n) is 11.1. The number of rotatable bonds is 32. The number of aromatic nitrogens is 4. The van der Waals surface area contributed by atoms with Crippen LogP contribution in [-0.2, 0) is 57.5 Å². The molecule has 3 aromatic heterocycles. The molecule has 0 saturated heterocycles. The van der Waals surface area contributed by atoms with E-state index in [-0.39, 0.29) is 22.7 Å². The molecule has 0 spiro atoms. The number of amides is 4. The van der Waals surface area contributed by atoms with Crippen molar-refractivity contribution >= 4 is 141 Å². The summed E-state index contributed by atoms with van der Waals surface area (Å²) in [4.78, 5) is 167. The third-order valence-electron chi connectivity index (χ3n) is 14.9.